The van der Waals surface area contributed by atoms with Crippen molar-refractivity contribution in [2.45, 2.75) is 39.2 Å². The number of para-hydroxylation sites is 1. The van der Waals surface area contributed by atoms with Crippen LogP contribution in [-0.2, 0) is 0 Å². The van der Waals surface area contributed by atoms with Gasteiger partial charge in [-0.25, -0.2) is 0 Å². The predicted molar refractivity (Wildman–Crippen MR) is 77.4 cm³/mol. The molecule has 17 heavy (non-hydrogen) atoms. The van der Waals surface area contributed by atoms with E-state index in [0.29, 0.717) is 16.4 Å². The molecular formula is C14H20N2S. The molecule has 0 radical (unpaired) electrons. The molecule has 1 unspecified atom stereocenters. The molecule has 0 heterocycles. The Balaban J connectivity index is 2.21. The van der Waals surface area contributed by atoms with Crippen LogP contribution < -0.4 is 11.1 Å². The molecule has 3 N–H and O–H groups in total. The normalized spacial score (nSPS) is 22.4. The Morgan fingerprint density at radius 3 is 2.71 bits per heavy atom. The van der Waals surface area contributed by atoms with E-state index in [0.717, 1.165) is 11.3 Å². The van der Waals surface area contributed by atoms with Gasteiger partial charge in [-0.1, -0.05) is 44.6 Å². The Morgan fingerprint density at radius 2 is 2.12 bits per heavy atom. The zero-order valence-corrected chi connectivity index (χ0v) is 11.3. The summed E-state index contributed by atoms with van der Waals surface area (Å²) in [5.41, 5.74) is 8.12. The fourth-order valence-electron chi connectivity index (χ4n) is 2.61. The number of nitrogens with one attached hydrogen (secondary N) is 1. The van der Waals surface area contributed by atoms with E-state index in [9.17, 15) is 0 Å². The van der Waals surface area contributed by atoms with Gasteiger partial charge >= 0.3 is 0 Å². The summed E-state index contributed by atoms with van der Waals surface area (Å²) in [5.74, 6) is 0. The molecule has 1 aliphatic carbocycles. The number of anilines is 1. The Bertz CT molecular complexity index is 426. The van der Waals surface area contributed by atoms with Crippen LogP contribution in [0.25, 0.3) is 0 Å². The smallest absolute Gasteiger partial charge is 0.106 e. The summed E-state index contributed by atoms with van der Waals surface area (Å²) < 4.78 is 0. The second kappa shape index (κ2) is 4.65. The van der Waals surface area contributed by atoms with Crippen LogP contribution in [0.15, 0.2) is 24.3 Å². The Morgan fingerprint density at radius 1 is 1.41 bits per heavy atom. The van der Waals surface area contributed by atoms with Crippen molar-refractivity contribution in [2.75, 3.05) is 5.32 Å². The van der Waals surface area contributed by atoms with E-state index in [2.05, 4.69) is 25.2 Å². The number of thiocarbonyl (C=S) groups is 1. The van der Waals surface area contributed by atoms with Crippen molar-refractivity contribution < 1.29 is 0 Å². The highest BCUT2D eigenvalue weighted by atomic mass is 32.1. The molecule has 1 aliphatic rings. The molecule has 0 saturated heterocycles. The van der Waals surface area contributed by atoms with Crippen molar-refractivity contribution in [3.63, 3.8) is 0 Å². The summed E-state index contributed by atoms with van der Waals surface area (Å²) >= 11 is 5.09. The minimum atomic E-state index is 0.351. The molecule has 1 aromatic rings. The molecule has 2 nitrogen and oxygen atoms in total. The van der Waals surface area contributed by atoms with Crippen molar-refractivity contribution in [2.24, 2.45) is 11.1 Å². The third-order valence-electron chi connectivity index (χ3n) is 3.78. The molecule has 0 aliphatic heterocycles. The maximum Gasteiger partial charge on any atom is 0.106 e. The lowest BCUT2D eigenvalue weighted by molar-refractivity contribution is 0.350. The summed E-state index contributed by atoms with van der Waals surface area (Å²) in [4.78, 5) is 0.462. The van der Waals surface area contributed by atoms with Gasteiger partial charge in [0.1, 0.15) is 4.99 Å². The second-order valence-corrected chi connectivity index (χ2v) is 5.93. The predicted octanol–water partition coefficient (Wildman–Crippen LogP) is 3.31. The van der Waals surface area contributed by atoms with E-state index >= 15 is 0 Å². The van der Waals surface area contributed by atoms with Gasteiger partial charge in [-0.15, -0.1) is 0 Å². The third-order valence-corrected chi connectivity index (χ3v) is 4.00. The molecule has 1 saturated carbocycles. The average Bonchev–Trinajstić information content (AvgIpc) is 2.59. The SMILES string of the molecule is CC1(C)CCCC1Nc1ccccc1C(N)=S. The summed E-state index contributed by atoms with van der Waals surface area (Å²) in [5, 5.41) is 3.61. The minimum Gasteiger partial charge on any atom is -0.389 e. The van der Waals surface area contributed by atoms with E-state index in [1.165, 1.54) is 19.3 Å². The molecule has 0 aromatic heterocycles. The van der Waals surface area contributed by atoms with Gasteiger partial charge in [-0.3, -0.25) is 0 Å². The van der Waals surface area contributed by atoms with Crippen molar-refractivity contribution in [3.05, 3.63) is 29.8 Å². The van der Waals surface area contributed by atoms with Gasteiger partial charge in [0, 0.05) is 17.3 Å². The number of hydrogen-bond donors (Lipinski definition) is 2. The minimum absolute atomic E-state index is 0.351. The molecule has 0 amide bonds. The van der Waals surface area contributed by atoms with E-state index < -0.39 is 0 Å². The summed E-state index contributed by atoms with van der Waals surface area (Å²) in [7, 11) is 0. The summed E-state index contributed by atoms with van der Waals surface area (Å²) in [6.45, 7) is 4.64. The molecule has 3 heteroatoms. The maximum atomic E-state index is 5.75. The molecule has 2 rings (SSSR count). The monoisotopic (exact) mass is 248 g/mol. The Hall–Kier alpha value is -1.09. The van der Waals surface area contributed by atoms with Gasteiger partial charge in [-0.05, 0) is 30.4 Å². The van der Waals surface area contributed by atoms with Crippen molar-refractivity contribution in [1.82, 2.24) is 0 Å². The lowest BCUT2D eigenvalue weighted by Crippen LogP contribution is -2.31. The van der Waals surface area contributed by atoms with Crippen molar-refractivity contribution >= 4 is 22.9 Å². The largest absolute Gasteiger partial charge is 0.389 e. The average molecular weight is 248 g/mol. The summed E-state index contributed by atoms with van der Waals surface area (Å²) in [6.07, 6.45) is 3.79. The van der Waals surface area contributed by atoms with E-state index in [4.69, 9.17) is 18.0 Å². The highest BCUT2D eigenvalue weighted by molar-refractivity contribution is 7.80. The van der Waals surface area contributed by atoms with Crippen LogP contribution in [-0.4, -0.2) is 11.0 Å². The molecule has 1 aromatic carbocycles. The van der Waals surface area contributed by atoms with E-state index in [-0.39, 0.29) is 0 Å². The van der Waals surface area contributed by atoms with Crippen LogP contribution in [0.4, 0.5) is 5.69 Å². The highest BCUT2D eigenvalue weighted by Gasteiger charge is 2.34. The lowest BCUT2D eigenvalue weighted by atomic mass is 9.87. The van der Waals surface area contributed by atoms with Crippen LogP contribution in [0.5, 0.6) is 0 Å². The van der Waals surface area contributed by atoms with Crippen LogP contribution in [0.1, 0.15) is 38.7 Å². The second-order valence-electron chi connectivity index (χ2n) is 5.49. The highest BCUT2D eigenvalue weighted by Crippen LogP contribution is 2.39. The van der Waals surface area contributed by atoms with Crippen molar-refractivity contribution in [3.8, 4) is 0 Å². The first-order valence-electron chi connectivity index (χ1n) is 6.16. The fraction of sp³-hybridized carbons (Fsp3) is 0.500. The van der Waals surface area contributed by atoms with E-state index in [1.807, 2.05) is 18.2 Å². The third kappa shape index (κ3) is 2.60. The van der Waals surface area contributed by atoms with Crippen LogP contribution >= 0.6 is 12.2 Å². The zero-order valence-electron chi connectivity index (χ0n) is 10.5. The molecule has 1 fully saturated rings. The topological polar surface area (TPSA) is 38.0 Å². The van der Waals surface area contributed by atoms with Crippen molar-refractivity contribution in [1.29, 1.82) is 0 Å². The first-order valence-corrected chi connectivity index (χ1v) is 6.57. The van der Waals surface area contributed by atoms with Crippen LogP contribution in [0, 0.1) is 5.41 Å². The van der Waals surface area contributed by atoms with Gasteiger partial charge in [0.05, 0.1) is 0 Å². The van der Waals surface area contributed by atoms with Gasteiger partial charge in [-0.2, -0.15) is 0 Å². The first-order chi connectivity index (χ1) is 8.00. The van der Waals surface area contributed by atoms with Gasteiger partial charge in [0.25, 0.3) is 0 Å². The van der Waals surface area contributed by atoms with Crippen LogP contribution in [0.3, 0.4) is 0 Å². The fourth-order valence-corrected chi connectivity index (χ4v) is 2.78. The number of benzene rings is 1. The molecule has 0 bridgehead atoms. The van der Waals surface area contributed by atoms with Crippen LogP contribution in [0.2, 0.25) is 0 Å². The molecule has 0 spiro atoms. The van der Waals surface area contributed by atoms with Gasteiger partial charge < -0.3 is 11.1 Å². The van der Waals surface area contributed by atoms with Gasteiger partial charge in [0.15, 0.2) is 0 Å². The standard InChI is InChI=1S/C14H20N2S/c1-14(2)9-5-8-12(14)16-11-7-4-3-6-10(11)13(15)17/h3-4,6-7,12,16H,5,8-9H2,1-2H3,(H2,15,17). The lowest BCUT2D eigenvalue weighted by Gasteiger charge is -2.29. The number of nitrogens with two attached hydrogens (primary N) is 1. The quantitative estimate of drug-likeness (QED) is 0.806. The maximum absolute atomic E-state index is 5.75. The Kier molecular flexibility index (Phi) is 3.38. The number of hydrogen-bond acceptors (Lipinski definition) is 2. The Labute approximate surface area is 109 Å². The summed E-state index contributed by atoms with van der Waals surface area (Å²) in [6, 6.07) is 8.54. The molecule has 92 valence electrons. The van der Waals surface area contributed by atoms with E-state index in [1.54, 1.807) is 0 Å². The number of rotatable bonds is 3. The zero-order chi connectivity index (χ0) is 12.5. The molecular weight excluding hydrogens is 228 g/mol. The van der Waals surface area contributed by atoms with Gasteiger partial charge in [0.2, 0.25) is 0 Å². The first kappa shape index (κ1) is 12.4. The molecule has 1 atom stereocenters.